The number of benzene rings is 1. The van der Waals surface area contributed by atoms with Gasteiger partial charge in [0, 0.05) is 25.9 Å². The molecule has 0 unspecified atom stereocenters. The van der Waals surface area contributed by atoms with Crippen LogP contribution in [0.3, 0.4) is 0 Å². The molecule has 3 rings (SSSR count). The summed E-state index contributed by atoms with van der Waals surface area (Å²) in [6, 6.07) is 8.43. The van der Waals surface area contributed by atoms with Gasteiger partial charge in [0.05, 0.1) is 5.54 Å². The van der Waals surface area contributed by atoms with Gasteiger partial charge in [0.1, 0.15) is 5.82 Å². The molecule has 1 saturated carbocycles. The molecule has 1 aromatic carbocycles. The van der Waals surface area contributed by atoms with Crippen LogP contribution in [0.5, 0.6) is 0 Å². The van der Waals surface area contributed by atoms with Crippen LogP contribution in [0.2, 0.25) is 0 Å². The highest BCUT2D eigenvalue weighted by atomic mass is 16.1. The third-order valence-corrected chi connectivity index (χ3v) is 4.46. The molecule has 0 amide bonds. The molecule has 21 heavy (non-hydrogen) atoms. The Kier molecular flexibility index (Phi) is 3.72. The fraction of sp³-hybridized carbons (Fsp3) is 0.412. The monoisotopic (exact) mass is 281 g/mol. The number of rotatable bonds is 4. The third kappa shape index (κ3) is 2.67. The first-order valence-electron chi connectivity index (χ1n) is 7.38. The molecule has 1 heterocycles. The van der Waals surface area contributed by atoms with Crippen molar-refractivity contribution in [3.8, 4) is 0 Å². The lowest BCUT2D eigenvalue weighted by atomic mass is 9.88. The second-order valence-electron chi connectivity index (χ2n) is 5.77. The first-order chi connectivity index (χ1) is 10.2. The molecule has 0 atom stereocenters. The molecule has 1 aromatic heterocycles. The van der Waals surface area contributed by atoms with E-state index in [0.29, 0.717) is 0 Å². The van der Waals surface area contributed by atoms with Gasteiger partial charge in [0.2, 0.25) is 6.08 Å². The average molecular weight is 281 g/mol. The molecule has 1 aliphatic rings. The highest BCUT2D eigenvalue weighted by Crippen LogP contribution is 2.42. The van der Waals surface area contributed by atoms with Crippen molar-refractivity contribution in [2.45, 2.75) is 37.6 Å². The highest BCUT2D eigenvalue weighted by molar-refractivity contribution is 5.39. The Hall–Kier alpha value is -2.19. The summed E-state index contributed by atoms with van der Waals surface area (Å²) in [4.78, 5) is 19.2. The normalized spacial score (nSPS) is 16.6. The number of isocyanates is 1. The summed E-state index contributed by atoms with van der Waals surface area (Å²) in [7, 11) is 2.00. The molecule has 0 spiro atoms. The van der Waals surface area contributed by atoms with E-state index in [0.717, 1.165) is 43.5 Å². The number of aryl methyl sites for hydroxylation is 1. The van der Waals surface area contributed by atoms with Gasteiger partial charge in [-0.25, -0.2) is 9.78 Å². The molecule has 1 fully saturated rings. The van der Waals surface area contributed by atoms with E-state index in [-0.39, 0.29) is 5.54 Å². The van der Waals surface area contributed by atoms with E-state index >= 15 is 0 Å². The van der Waals surface area contributed by atoms with Gasteiger partial charge in [0.25, 0.3) is 0 Å². The standard InChI is InChI=1S/C17H19N3O/c1-20-11-10-18-16(20)12-14-4-6-15(7-5-14)17(19-13-21)8-2-3-9-17/h4-7,10-11H,2-3,8-9,12H2,1H3. The molecule has 0 saturated heterocycles. The summed E-state index contributed by atoms with van der Waals surface area (Å²) in [5.74, 6) is 1.05. The van der Waals surface area contributed by atoms with Gasteiger partial charge in [-0.2, -0.15) is 4.99 Å². The van der Waals surface area contributed by atoms with Crippen molar-refractivity contribution in [1.29, 1.82) is 0 Å². The predicted molar refractivity (Wildman–Crippen MR) is 80.7 cm³/mol. The number of hydrogen-bond donors (Lipinski definition) is 0. The second kappa shape index (κ2) is 5.66. The third-order valence-electron chi connectivity index (χ3n) is 4.46. The maximum absolute atomic E-state index is 10.8. The molecule has 0 bridgehead atoms. The Labute approximate surface area is 124 Å². The largest absolute Gasteiger partial charge is 0.338 e. The van der Waals surface area contributed by atoms with E-state index in [4.69, 9.17) is 0 Å². The van der Waals surface area contributed by atoms with Crippen molar-refractivity contribution in [2.75, 3.05) is 0 Å². The first-order valence-corrected chi connectivity index (χ1v) is 7.38. The number of imidazole rings is 1. The van der Waals surface area contributed by atoms with Crippen LogP contribution < -0.4 is 0 Å². The first kappa shape index (κ1) is 13.8. The van der Waals surface area contributed by atoms with Gasteiger partial charge >= 0.3 is 0 Å². The van der Waals surface area contributed by atoms with Crippen LogP contribution in [0.4, 0.5) is 0 Å². The Balaban J connectivity index is 1.83. The van der Waals surface area contributed by atoms with Crippen LogP contribution >= 0.6 is 0 Å². The Morgan fingerprint density at radius 2 is 2.00 bits per heavy atom. The summed E-state index contributed by atoms with van der Waals surface area (Å²) in [6.07, 6.45) is 10.5. The maximum atomic E-state index is 10.8. The van der Waals surface area contributed by atoms with Gasteiger partial charge in [-0.1, -0.05) is 37.1 Å². The topological polar surface area (TPSA) is 47.2 Å². The fourth-order valence-corrected chi connectivity index (χ4v) is 3.19. The average Bonchev–Trinajstić information content (AvgIpc) is 3.11. The molecule has 108 valence electrons. The molecule has 1 aliphatic carbocycles. The highest BCUT2D eigenvalue weighted by Gasteiger charge is 2.35. The lowest BCUT2D eigenvalue weighted by molar-refractivity contribution is 0.456. The number of nitrogens with zero attached hydrogens (tertiary/aromatic N) is 3. The molecule has 4 nitrogen and oxygen atoms in total. The molecule has 0 N–H and O–H groups in total. The van der Waals surface area contributed by atoms with Gasteiger partial charge in [-0.3, -0.25) is 0 Å². The predicted octanol–water partition coefficient (Wildman–Crippen LogP) is 3.12. The van der Waals surface area contributed by atoms with Crippen LogP contribution in [-0.4, -0.2) is 15.6 Å². The quantitative estimate of drug-likeness (QED) is 0.638. The van der Waals surface area contributed by atoms with Crippen LogP contribution in [0, 0.1) is 0 Å². The zero-order valence-electron chi connectivity index (χ0n) is 12.2. The molecular weight excluding hydrogens is 262 g/mol. The van der Waals surface area contributed by atoms with Gasteiger partial charge in [-0.15, -0.1) is 0 Å². The van der Waals surface area contributed by atoms with Gasteiger partial charge in [-0.05, 0) is 24.0 Å². The lowest BCUT2D eigenvalue weighted by Gasteiger charge is -2.23. The summed E-state index contributed by atoms with van der Waals surface area (Å²) < 4.78 is 2.03. The minimum absolute atomic E-state index is 0.330. The smallest absolute Gasteiger partial charge is 0.235 e. The summed E-state index contributed by atoms with van der Waals surface area (Å²) >= 11 is 0. The van der Waals surface area contributed by atoms with Crippen LogP contribution in [-0.2, 0) is 23.8 Å². The van der Waals surface area contributed by atoms with E-state index in [1.807, 2.05) is 24.0 Å². The number of aromatic nitrogens is 2. The zero-order chi connectivity index (χ0) is 14.7. The maximum Gasteiger partial charge on any atom is 0.235 e. The van der Waals surface area contributed by atoms with Crippen LogP contribution in [0.1, 0.15) is 42.6 Å². The molecule has 2 aromatic rings. The molecule has 0 aliphatic heterocycles. The SMILES string of the molecule is Cn1ccnc1Cc1ccc(C2(N=C=O)CCCC2)cc1. The molecule has 0 radical (unpaired) electrons. The Bertz CT molecular complexity index is 660. The zero-order valence-corrected chi connectivity index (χ0v) is 12.2. The van der Waals surface area contributed by atoms with Gasteiger partial charge in [0.15, 0.2) is 0 Å². The lowest BCUT2D eigenvalue weighted by Crippen LogP contribution is -2.18. The van der Waals surface area contributed by atoms with Gasteiger partial charge < -0.3 is 4.57 Å². The number of carbonyl (C=O) groups excluding carboxylic acids is 1. The van der Waals surface area contributed by atoms with Crippen LogP contribution in [0.15, 0.2) is 41.7 Å². The number of hydrogen-bond acceptors (Lipinski definition) is 3. The van der Waals surface area contributed by atoms with E-state index in [9.17, 15) is 4.79 Å². The van der Waals surface area contributed by atoms with Crippen molar-refractivity contribution >= 4 is 6.08 Å². The fourth-order valence-electron chi connectivity index (χ4n) is 3.19. The summed E-state index contributed by atoms with van der Waals surface area (Å²) in [5, 5.41) is 0. The van der Waals surface area contributed by atoms with E-state index in [1.54, 1.807) is 6.08 Å². The van der Waals surface area contributed by atoms with Crippen molar-refractivity contribution in [3.05, 3.63) is 53.6 Å². The summed E-state index contributed by atoms with van der Waals surface area (Å²) in [5.41, 5.74) is 2.02. The van der Waals surface area contributed by atoms with Crippen molar-refractivity contribution in [1.82, 2.24) is 9.55 Å². The molecular formula is C17H19N3O. The van der Waals surface area contributed by atoms with E-state index < -0.39 is 0 Å². The van der Waals surface area contributed by atoms with E-state index in [1.165, 1.54) is 5.56 Å². The minimum Gasteiger partial charge on any atom is -0.338 e. The minimum atomic E-state index is -0.330. The number of aliphatic imine (C=N–C) groups is 1. The van der Waals surface area contributed by atoms with Crippen LogP contribution in [0.25, 0.3) is 0 Å². The second-order valence-corrected chi connectivity index (χ2v) is 5.77. The van der Waals surface area contributed by atoms with Crippen molar-refractivity contribution < 1.29 is 4.79 Å². The van der Waals surface area contributed by atoms with Crippen molar-refractivity contribution in [3.63, 3.8) is 0 Å². The van der Waals surface area contributed by atoms with E-state index in [2.05, 4.69) is 34.2 Å². The van der Waals surface area contributed by atoms with Crippen molar-refractivity contribution in [2.24, 2.45) is 12.0 Å². The summed E-state index contributed by atoms with van der Waals surface area (Å²) in [6.45, 7) is 0. The Morgan fingerprint density at radius 1 is 1.29 bits per heavy atom. The Morgan fingerprint density at radius 3 is 2.57 bits per heavy atom. The molecule has 4 heteroatoms.